The highest BCUT2D eigenvalue weighted by Crippen LogP contribution is 2.38. The zero-order chi connectivity index (χ0) is 14.0. The van der Waals surface area contributed by atoms with Gasteiger partial charge in [0.1, 0.15) is 0 Å². The number of hydrogen-bond donors (Lipinski definition) is 0. The van der Waals surface area contributed by atoms with Crippen molar-refractivity contribution >= 4 is 21.6 Å². The predicted octanol–water partition coefficient (Wildman–Crippen LogP) is 4.84. The fourth-order valence-electron chi connectivity index (χ4n) is 2.58. The molecule has 2 rings (SSSR count). The summed E-state index contributed by atoms with van der Waals surface area (Å²) in [5.41, 5.74) is 0.462. The van der Waals surface area contributed by atoms with Crippen molar-refractivity contribution in [3.8, 4) is 0 Å². The minimum Gasteiger partial charge on any atom is -0.371 e. The van der Waals surface area contributed by atoms with E-state index in [9.17, 15) is 13.2 Å². The molecular formula is C14H17BrF3N. The summed E-state index contributed by atoms with van der Waals surface area (Å²) in [6.07, 6.45) is -2.25. The molecule has 0 aromatic heterocycles. The van der Waals surface area contributed by atoms with Crippen LogP contribution in [-0.4, -0.2) is 13.1 Å². The maximum Gasteiger partial charge on any atom is 0.418 e. The van der Waals surface area contributed by atoms with Gasteiger partial charge < -0.3 is 4.90 Å². The molecule has 106 valence electrons. The molecule has 1 aromatic carbocycles. The van der Waals surface area contributed by atoms with Crippen molar-refractivity contribution in [1.82, 2.24) is 0 Å². The molecule has 5 heteroatoms. The van der Waals surface area contributed by atoms with Gasteiger partial charge in [-0.25, -0.2) is 0 Å². The van der Waals surface area contributed by atoms with E-state index >= 15 is 0 Å². The predicted molar refractivity (Wildman–Crippen MR) is 74.7 cm³/mol. The Kier molecular flexibility index (Phi) is 4.43. The average molecular weight is 336 g/mol. The highest BCUT2D eigenvalue weighted by atomic mass is 79.9. The first kappa shape index (κ1) is 14.7. The van der Waals surface area contributed by atoms with Gasteiger partial charge in [0.15, 0.2) is 0 Å². The van der Waals surface area contributed by atoms with E-state index in [4.69, 9.17) is 0 Å². The number of anilines is 1. The number of hydrogen-bond acceptors (Lipinski definition) is 1. The summed E-state index contributed by atoms with van der Waals surface area (Å²) >= 11 is 3.21. The first-order chi connectivity index (χ1) is 8.91. The Balaban J connectivity index is 2.38. The molecule has 1 aliphatic rings. The van der Waals surface area contributed by atoms with Crippen LogP contribution >= 0.6 is 15.9 Å². The molecule has 1 atom stereocenters. The second-order valence-corrected chi connectivity index (χ2v) is 5.74. The fraction of sp³-hybridized carbons (Fsp3) is 0.571. The third-order valence-corrected chi connectivity index (χ3v) is 4.17. The van der Waals surface area contributed by atoms with E-state index in [0.29, 0.717) is 35.6 Å². The van der Waals surface area contributed by atoms with Crippen LogP contribution in [0.4, 0.5) is 18.9 Å². The van der Waals surface area contributed by atoms with Crippen molar-refractivity contribution in [3.63, 3.8) is 0 Å². The molecule has 0 aliphatic carbocycles. The molecule has 1 aliphatic heterocycles. The number of piperidine rings is 1. The quantitative estimate of drug-likeness (QED) is 0.699. The van der Waals surface area contributed by atoms with Crippen LogP contribution in [0.5, 0.6) is 0 Å². The highest BCUT2D eigenvalue weighted by Gasteiger charge is 2.35. The van der Waals surface area contributed by atoms with Crippen LogP contribution in [0.15, 0.2) is 18.2 Å². The van der Waals surface area contributed by atoms with E-state index in [2.05, 4.69) is 22.9 Å². The van der Waals surface area contributed by atoms with Gasteiger partial charge >= 0.3 is 6.18 Å². The van der Waals surface area contributed by atoms with Crippen molar-refractivity contribution < 1.29 is 13.2 Å². The number of benzene rings is 1. The van der Waals surface area contributed by atoms with Crippen molar-refractivity contribution in [3.05, 3.63) is 29.3 Å². The molecule has 1 aromatic rings. The Morgan fingerprint density at radius 2 is 2.11 bits per heavy atom. The summed E-state index contributed by atoms with van der Waals surface area (Å²) in [6, 6.07) is 4.62. The first-order valence-electron chi connectivity index (χ1n) is 6.43. The van der Waals surface area contributed by atoms with Crippen molar-refractivity contribution in [1.29, 1.82) is 0 Å². The fourth-order valence-corrected chi connectivity index (χ4v) is 2.93. The monoisotopic (exact) mass is 335 g/mol. The molecule has 1 fully saturated rings. The van der Waals surface area contributed by atoms with Gasteiger partial charge in [-0.15, -0.1) is 0 Å². The Morgan fingerprint density at radius 3 is 2.68 bits per heavy atom. The average Bonchev–Trinajstić information content (AvgIpc) is 2.37. The topological polar surface area (TPSA) is 3.24 Å². The van der Waals surface area contributed by atoms with Gasteiger partial charge in [0.2, 0.25) is 0 Å². The molecular weight excluding hydrogens is 319 g/mol. The molecule has 1 saturated heterocycles. The third kappa shape index (κ3) is 3.44. The summed E-state index contributed by atoms with van der Waals surface area (Å²) in [4.78, 5) is 1.87. The summed E-state index contributed by atoms with van der Waals surface area (Å²) in [5, 5.41) is 0.437. The smallest absolute Gasteiger partial charge is 0.371 e. The molecule has 0 amide bonds. The Morgan fingerprint density at radius 1 is 1.37 bits per heavy atom. The molecule has 19 heavy (non-hydrogen) atoms. The van der Waals surface area contributed by atoms with Crippen LogP contribution in [0.2, 0.25) is 0 Å². The van der Waals surface area contributed by atoms with Crippen LogP contribution in [0, 0.1) is 5.92 Å². The normalized spacial score (nSPS) is 20.7. The highest BCUT2D eigenvalue weighted by molar-refractivity contribution is 9.08. The summed E-state index contributed by atoms with van der Waals surface area (Å²) < 4.78 is 39.5. The molecule has 0 radical (unpaired) electrons. The van der Waals surface area contributed by atoms with E-state index in [1.165, 1.54) is 6.07 Å². The molecule has 0 bridgehead atoms. The summed E-state index contributed by atoms with van der Waals surface area (Å²) in [7, 11) is 0. The number of rotatable bonds is 2. The van der Waals surface area contributed by atoms with E-state index < -0.39 is 11.7 Å². The second kappa shape index (κ2) is 5.73. The van der Waals surface area contributed by atoms with Crippen LogP contribution in [0.1, 0.15) is 30.9 Å². The van der Waals surface area contributed by atoms with Gasteiger partial charge in [-0.2, -0.15) is 13.2 Å². The van der Waals surface area contributed by atoms with Gasteiger partial charge in [0.25, 0.3) is 0 Å². The maximum atomic E-state index is 13.2. The van der Waals surface area contributed by atoms with Crippen LogP contribution in [-0.2, 0) is 11.5 Å². The van der Waals surface area contributed by atoms with Gasteiger partial charge in [0.05, 0.1) is 5.56 Å². The van der Waals surface area contributed by atoms with Gasteiger partial charge in [-0.3, -0.25) is 0 Å². The molecule has 0 N–H and O–H groups in total. The van der Waals surface area contributed by atoms with Crippen LogP contribution < -0.4 is 4.90 Å². The molecule has 0 saturated carbocycles. The third-order valence-electron chi connectivity index (χ3n) is 3.52. The standard InChI is InChI=1S/C14H17BrF3N/c1-10-3-2-6-19(9-10)13-5-4-11(8-15)7-12(13)14(16,17)18/h4-5,7,10H,2-3,6,8-9H2,1H3. The zero-order valence-electron chi connectivity index (χ0n) is 10.8. The number of nitrogens with zero attached hydrogens (tertiary/aromatic N) is 1. The van der Waals surface area contributed by atoms with Gasteiger partial charge in [-0.1, -0.05) is 28.9 Å². The van der Waals surface area contributed by atoms with E-state index in [-0.39, 0.29) is 0 Å². The van der Waals surface area contributed by atoms with Gasteiger partial charge in [-0.05, 0) is 36.5 Å². The SMILES string of the molecule is CC1CCCN(c2ccc(CBr)cc2C(F)(F)F)C1. The number of alkyl halides is 4. The summed E-state index contributed by atoms with van der Waals surface area (Å²) in [5.74, 6) is 0.450. The van der Waals surface area contributed by atoms with E-state index in [1.807, 2.05) is 4.90 Å². The van der Waals surface area contributed by atoms with Crippen molar-refractivity contribution in [2.24, 2.45) is 5.92 Å². The molecule has 1 nitrogen and oxygen atoms in total. The summed E-state index contributed by atoms with van der Waals surface area (Å²) in [6.45, 7) is 3.50. The van der Waals surface area contributed by atoms with Crippen LogP contribution in [0.3, 0.4) is 0 Å². The molecule has 1 unspecified atom stereocenters. The van der Waals surface area contributed by atoms with E-state index in [1.54, 1.807) is 12.1 Å². The Hall–Kier alpha value is -0.710. The molecule has 1 heterocycles. The van der Waals surface area contributed by atoms with Crippen LogP contribution in [0.25, 0.3) is 0 Å². The van der Waals surface area contributed by atoms with Crippen molar-refractivity contribution in [2.75, 3.05) is 18.0 Å². The number of halogens is 4. The lowest BCUT2D eigenvalue weighted by atomic mass is 9.98. The maximum absolute atomic E-state index is 13.2. The second-order valence-electron chi connectivity index (χ2n) is 5.18. The Bertz CT molecular complexity index is 445. The van der Waals surface area contributed by atoms with Crippen molar-refractivity contribution in [2.45, 2.75) is 31.3 Å². The van der Waals surface area contributed by atoms with Gasteiger partial charge in [0, 0.05) is 24.1 Å². The largest absolute Gasteiger partial charge is 0.418 e. The molecule has 0 spiro atoms. The minimum absolute atomic E-state index is 0.323. The zero-order valence-corrected chi connectivity index (χ0v) is 12.4. The first-order valence-corrected chi connectivity index (χ1v) is 7.55. The Labute approximate surface area is 119 Å². The van der Waals surface area contributed by atoms with E-state index in [0.717, 1.165) is 12.8 Å². The lowest BCUT2D eigenvalue weighted by Gasteiger charge is -2.34. The lowest BCUT2D eigenvalue weighted by molar-refractivity contribution is -0.137. The minimum atomic E-state index is -4.30. The lowest BCUT2D eigenvalue weighted by Crippen LogP contribution is -2.35.